The van der Waals surface area contributed by atoms with Crippen molar-refractivity contribution in [1.82, 2.24) is 9.97 Å². The van der Waals surface area contributed by atoms with Gasteiger partial charge in [0.15, 0.2) is 0 Å². The number of anilines is 1. The van der Waals surface area contributed by atoms with Crippen molar-refractivity contribution in [3.8, 4) is 5.75 Å². The fraction of sp³-hybridized carbons (Fsp3) is 0.412. The van der Waals surface area contributed by atoms with Gasteiger partial charge < -0.3 is 9.64 Å². The quantitative estimate of drug-likeness (QED) is 0.843. The average molecular weight is 283 g/mol. The molecule has 0 atom stereocenters. The van der Waals surface area contributed by atoms with E-state index in [-0.39, 0.29) is 0 Å². The van der Waals surface area contributed by atoms with E-state index in [9.17, 15) is 0 Å². The van der Waals surface area contributed by atoms with Gasteiger partial charge in [0, 0.05) is 36.8 Å². The molecule has 21 heavy (non-hydrogen) atoms. The summed E-state index contributed by atoms with van der Waals surface area (Å²) in [7, 11) is 3.76. The number of hydrogen-bond acceptors (Lipinski definition) is 4. The molecule has 1 fully saturated rings. The Morgan fingerprint density at radius 2 is 2.05 bits per heavy atom. The van der Waals surface area contributed by atoms with Gasteiger partial charge in [-0.25, -0.2) is 9.97 Å². The predicted octanol–water partition coefficient (Wildman–Crippen LogP) is 3.39. The van der Waals surface area contributed by atoms with E-state index in [1.54, 1.807) is 13.4 Å². The molecule has 0 saturated heterocycles. The number of methoxy groups -OCH3 is 1. The summed E-state index contributed by atoms with van der Waals surface area (Å²) in [5, 5.41) is 0. The number of hydrogen-bond donors (Lipinski definition) is 0. The molecule has 0 radical (unpaired) electrons. The molecule has 110 valence electrons. The molecule has 3 rings (SSSR count). The van der Waals surface area contributed by atoms with Gasteiger partial charge in [0.05, 0.1) is 7.11 Å². The zero-order valence-corrected chi connectivity index (χ0v) is 12.6. The first-order chi connectivity index (χ1) is 10.3. The lowest BCUT2D eigenvalue weighted by molar-refractivity contribution is 0.409. The SMILES string of the molecule is COc1ccccc1CN(C)c1cc(C2CCC2)ncn1. The van der Waals surface area contributed by atoms with Gasteiger partial charge >= 0.3 is 0 Å². The van der Waals surface area contributed by atoms with Crippen molar-refractivity contribution in [3.63, 3.8) is 0 Å². The smallest absolute Gasteiger partial charge is 0.132 e. The lowest BCUT2D eigenvalue weighted by Crippen LogP contribution is -2.19. The third-order valence-electron chi connectivity index (χ3n) is 4.19. The average Bonchev–Trinajstić information content (AvgIpc) is 2.46. The van der Waals surface area contributed by atoms with Crippen LogP contribution in [0, 0.1) is 0 Å². The Bertz CT molecular complexity index is 610. The van der Waals surface area contributed by atoms with E-state index in [2.05, 4.69) is 34.0 Å². The minimum Gasteiger partial charge on any atom is -0.496 e. The molecule has 1 aromatic heterocycles. The summed E-state index contributed by atoms with van der Waals surface area (Å²) in [6.07, 6.45) is 5.52. The Balaban J connectivity index is 1.77. The number of aromatic nitrogens is 2. The molecule has 0 aliphatic heterocycles. The lowest BCUT2D eigenvalue weighted by Gasteiger charge is -2.26. The van der Waals surface area contributed by atoms with Crippen LogP contribution in [0.25, 0.3) is 0 Å². The Kier molecular flexibility index (Phi) is 4.04. The highest BCUT2D eigenvalue weighted by Gasteiger charge is 2.21. The summed E-state index contributed by atoms with van der Waals surface area (Å²) < 4.78 is 5.41. The van der Waals surface area contributed by atoms with Crippen LogP contribution in [-0.4, -0.2) is 24.1 Å². The molecule has 0 amide bonds. The van der Waals surface area contributed by atoms with Crippen LogP contribution in [0.3, 0.4) is 0 Å². The largest absolute Gasteiger partial charge is 0.496 e. The fourth-order valence-electron chi connectivity index (χ4n) is 2.67. The standard InChI is InChI=1S/C17H21N3O/c1-20(11-14-6-3-4-9-16(14)21-2)17-10-15(18-12-19-17)13-7-5-8-13/h3-4,6,9-10,12-13H,5,7-8,11H2,1-2H3. The maximum Gasteiger partial charge on any atom is 0.132 e. The number of ether oxygens (including phenoxy) is 1. The van der Waals surface area contributed by atoms with Crippen LogP contribution >= 0.6 is 0 Å². The molecule has 4 heteroatoms. The van der Waals surface area contributed by atoms with Gasteiger partial charge in [-0.3, -0.25) is 0 Å². The van der Waals surface area contributed by atoms with Gasteiger partial charge in [-0.2, -0.15) is 0 Å². The molecule has 1 aromatic carbocycles. The second-order valence-electron chi connectivity index (χ2n) is 5.60. The molecule has 1 aliphatic carbocycles. The van der Waals surface area contributed by atoms with Crippen molar-refractivity contribution >= 4 is 5.82 Å². The summed E-state index contributed by atoms with van der Waals surface area (Å²) in [5.74, 6) is 2.52. The maximum absolute atomic E-state index is 5.41. The molecule has 2 aromatic rings. The van der Waals surface area contributed by atoms with Gasteiger partial charge in [-0.05, 0) is 18.9 Å². The topological polar surface area (TPSA) is 38.2 Å². The highest BCUT2D eigenvalue weighted by atomic mass is 16.5. The van der Waals surface area contributed by atoms with Crippen LogP contribution in [-0.2, 0) is 6.54 Å². The number of rotatable bonds is 5. The van der Waals surface area contributed by atoms with E-state index in [1.165, 1.54) is 25.0 Å². The summed E-state index contributed by atoms with van der Waals surface area (Å²) in [6, 6.07) is 10.2. The summed E-state index contributed by atoms with van der Waals surface area (Å²) in [6.45, 7) is 0.769. The van der Waals surface area contributed by atoms with E-state index in [0.29, 0.717) is 5.92 Å². The molecule has 1 saturated carbocycles. The molecule has 0 bridgehead atoms. The first-order valence-corrected chi connectivity index (χ1v) is 7.43. The predicted molar refractivity (Wildman–Crippen MR) is 83.7 cm³/mol. The van der Waals surface area contributed by atoms with Crippen molar-refractivity contribution in [2.75, 3.05) is 19.1 Å². The van der Waals surface area contributed by atoms with Crippen molar-refractivity contribution in [2.24, 2.45) is 0 Å². The van der Waals surface area contributed by atoms with Crippen LogP contribution < -0.4 is 9.64 Å². The zero-order chi connectivity index (χ0) is 14.7. The number of para-hydroxylation sites is 1. The minimum absolute atomic E-state index is 0.631. The Labute approximate surface area is 125 Å². The van der Waals surface area contributed by atoms with E-state index in [1.807, 2.05) is 18.2 Å². The highest BCUT2D eigenvalue weighted by molar-refractivity contribution is 5.43. The van der Waals surface area contributed by atoms with E-state index >= 15 is 0 Å². The summed E-state index contributed by atoms with van der Waals surface area (Å²) >= 11 is 0. The van der Waals surface area contributed by atoms with Crippen molar-refractivity contribution in [1.29, 1.82) is 0 Å². The first-order valence-electron chi connectivity index (χ1n) is 7.43. The Hall–Kier alpha value is -2.10. The Morgan fingerprint density at radius 1 is 1.24 bits per heavy atom. The van der Waals surface area contributed by atoms with Gasteiger partial charge in [0.2, 0.25) is 0 Å². The van der Waals surface area contributed by atoms with E-state index < -0.39 is 0 Å². The van der Waals surface area contributed by atoms with Crippen molar-refractivity contribution in [2.45, 2.75) is 31.7 Å². The second kappa shape index (κ2) is 6.12. The molecule has 0 N–H and O–H groups in total. The molecule has 1 heterocycles. The lowest BCUT2D eigenvalue weighted by atomic mass is 9.83. The van der Waals surface area contributed by atoms with E-state index in [4.69, 9.17) is 4.74 Å². The summed E-state index contributed by atoms with van der Waals surface area (Å²) in [5.41, 5.74) is 2.34. The maximum atomic E-state index is 5.41. The van der Waals surface area contributed by atoms with Crippen molar-refractivity contribution < 1.29 is 4.74 Å². The van der Waals surface area contributed by atoms with Crippen LogP contribution in [0.4, 0.5) is 5.82 Å². The third kappa shape index (κ3) is 2.99. The third-order valence-corrected chi connectivity index (χ3v) is 4.19. The van der Waals surface area contributed by atoms with Crippen LogP contribution in [0.2, 0.25) is 0 Å². The van der Waals surface area contributed by atoms with Gasteiger partial charge in [-0.15, -0.1) is 0 Å². The van der Waals surface area contributed by atoms with E-state index in [0.717, 1.165) is 23.7 Å². The molecule has 0 unspecified atom stereocenters. The minimum atomic E-state index is 0.631. The molecular formula is C17H21N3O. The first kappa shape index (κ1) is 13.9. The Morgan fingerprint density at radius 3 is 2.76 bits per heavy atom. The molecule has 4 nitrogen and oxygen atoms in total. The fourth-order valence-corrected chi connectivity index (χ4v) is 2.67. The van der Waals surface area contributed by atoms with Gasteiger partial charge in [-0.1, -0.05) is 24.6 Å². The van der Waals surface area contributed by atoms with Gasteiger partial charge in [0.1, 0.15) is 17.9 Å². The molecule has 1 aliphatic rings. The summed E-state index contributed by atoms with van der Waals surface area (Å²) in [4.78, 5) is 11.0. The van der Waals surface area contributed by atoms with Crippen LogP contribution in [0.15, 0.2) is 36.7 Å². The monoisotopic (exact) mass is 283 g/mol. The van der Waals surface area contributed by atoms with Crippen LogP contribution in [0.5, 0.6) is 5.75 Å². The number of nitrogens with zero attached hydrogens (tertiary/aromatic N) is 3. The molecule has 0 spiro atoms. The second-order valence-corrected chi connectivity index (χ2v) is 5.60. The van der Waals surface area contributed by atoms with Gasteiger partial charge in [0.25, 0.3) is 0 Å². The zero-order valence-electron chi connectivity index (χ0n) is 12.6. The van der Waals surface area contributed by atoms with Crippen molar-refractivity contribution in [3.05, 3.63) is 47.9 Å². The normalized spacial score (nSPS) is 14.6. The van der Waals surface area contributed by atoms with Crippen LogP contribution in [0.1, 0.15) is 36.4 Å². The highest BCUT2D eigenvalue weighted by Crippen LogP contribution is 2.35. The molecular weight excluding hydrogens is 262 g/mol. The number of benzene rings is 1.